The fourth-order valence-corrected chi connectivity index (χ4v) is 6.42. The molecule has 25 heavy (non-hydrogen) atoms. The summed E-state index contributed by atoms with van der Waals surface area (Å²) in [4.78, 5) is 27.1. The second-order valence-corrected chi connectivity index (χ2v) is 8.80. The zero-order chi connectivity index (χ0) is 17.0. The van der Waals surface area contributed by atoms with Crippen LogP contribution in [0, 0.1) is 23.2 Å². The number of carbonyl (C=O) groups excluding carboxylic acids is 2. The number of nitrogens with one attached hydrogen (secondary N) is 1. The van der Waals surface area contributed by atoms with Crippen molar-refractivity contribution in [2.45, 2.75) is 44.9 Å². The minimum Gasteiger partial charge on any atom is -0.354 e. The normalized spacial score (nSPS) is 35.1. The van der Waals surface area contributed by atoms with Crippen molar-refractivity contribution in [3.8, 4) is 0 Å². The van der Waals surface area contributed by atoms with E-state index in [-0.39, 0.29) is 17.2 Å². The zero-order valence-corrected chi connectivity index (χ0v) is 14.7. The topological polar surface area (TPSA) is 49.4 Å². The van der Waals surface area contributed by atoms with Crippen molar-refractivity contribution < 1.29 is 9.59 Å². The van der Waals surface area contributed by atoms with Gasteiger partial charge in [0.15, 0.2) is 0 Å². The zero-order valence-electron chi connectivity index (χ0n) is 14.7. The summed E-state index contributed by atoms with van der Waals surface area (Å²) in [6, 6.07) is 7.96. The number of para-hydroxylation sites is 1. The highest BCUT2D eigenvalue weighted by molar-refractivity contribution is 6.01. The third kappa shape index (κ3) is 2.49. The van der Waals surface area contributed by atoms with Crippen molar-refractivity contribution in [3.05, 3.63) is 29.8 Å². The number of rotatable bonds is 4. The van der Waals surface area contributed by atoms with Crippen molar-refractivity contribution in [2.75, 3.05) is 18.0 Å². The highest BCUT2D eigenvalue weighted by Gasteiger charge is 2.54. The van der Waals surface area contributed by atoms with Crippen molar-refractivity contribution in [1.82, 2.24) is 5.32 Å². The molecule has 2 amide bonds. The Balaban J connectivity index is 1.22. The Bertz CT molecular complexity index is 691. The quantitative estimate of drug-likeness (QED) is 0.918. The van der Waals surface area contributed by atoms with Gasteiger partial charge in [-0.05, 0) is 67.9 Å². The van der Waals surface area contributed by atoms with Crippen LogP contribution in [0.15, 0.2) is 24.3 Å². The van der Waals surface area contributed by atoms with Crippen LogP contribution in [-0.2, 0) is 16.0 Å². The van der Waals surface area contributed by atoms with Gasteiger partial charge >= 0.3 is 0 Å². The van der Waals surface area contributed by atoms with Gasteiger partial charge in [0.05, 0.1) is 6.42 Å². The molecule has 1 N–H and O–H groups in total. The third-order valence-corrected chi connectivity index (χ3v) is 7.07. The van der Waals surface area contributed by atoms with Crippen LogP contribution in [0.1, 0.15) is 44.1 Å². The van der Waals surface area contributed by atoms with Gasteiger partial charge in [-0.25, -0.2) is 0 Å². The van der Waals surface area contributed by atoms with Gasteiger partial charge in [0.25, 0.3) is 0 Å². The first-order valence-corrected chi connectivity index (χ1v) is 9.79. The molecular formula is C21H26N2O2. The fraction of sp³-hybridized carbons (Fsp3) is 0.619. The Labute approximate surface area is 149 Å². The lowest BCUT2D eigenvalue weighted by Gasteiger charge is -2.55. The maximum Gasteiger partial charge on any atom is 0.231 e. The van der Waals surface area contributed by atoms with Crippen LogP contribution in [0.2, 0.25) is 0 Å². The highest BCUT2D eigenvalue weighted by Crippen LogP contribution is 2.60. The van der Waals surface area contributed by atoms with E-state index in [1.54, 1.807) is 0 Å². The molecule has 4 fully saturated rings. The predicted octanol–water partition coefficient (Wildman–Crippen LogP) is 2.91. The van der Waals surface area contributed by atoms with E-state index in [1.165, 1.54) is 19.3 Å². The molecular weight excluding hydrogens is 312 g/mol. The summed E-state index contributed by atoms with van der Waals surface area (Å²) >= 11 is 0. The Morgan fingerprint density at radius 2 is 1.72 bits per heavy atom. The first kappa shape index (κ1) is 15.4. The van der Waals surface area contributed by atoms with E-state index in [0.717, 1.165) is 48.3 Å². The number of anilines is 1. The first-order valence-electron chi connectivity index (χ1n) is 9.79. The molecule has 0 aromatic heterocycles. The molecule has 0 radical (unpaired) electrons. The summed E-state index contributed by atoms with van der Waals surface area (Å²) in [5.74, 6) is 2.74. The molecule has 6 rings (SSSR count). The van der Waals surface area contributed by atoms with Crippen molar-refractivity contribution in [1.29, 1.82) is 0 Å². The van der Waals surface area contributed by atoms with E-state index in [1.807, 2.05) is 29.2 Å². The molecule has 4 saturated carbocycles. The average Bonchev–Trinajstić information content (AvgIpc) is 2.89. The number of nitrogens with zero attached hydrogens (tertiary/aromatic N) is 1. The van der Waals surface area contributed by atoms with Gasteiger partial charge in [-0.3, -0.25) is 9.59 Å². The molecule has 1 aromatic rings. The maximum atomic E-state index is 13.0. The lowest BCUT2D eigenvalue weighted by atomic mass is 9.49. The minimum atomic E-state index is -0.0956. The molecule has 4 heteroatoms. The van der Waals surface area contributed by atoms with Crippen molar-refractivity contribution >= 4 is 17.5 Å². The fourth-order valence-electron chi connectivity index (χ4n) is 6.42. The van der Waals surface area contributed by atoms with Crippen LogP contribution in [0.3, 0.4) is 0 Å². The Morgan fingerprint density at radius 3 is 2.40 bits per heavy atom. The number of benzene rings is 1. The maximum absolute atomic E-state index is 13.0. The van der Waals surface area contributed by atoms with Crippen LogP contribution in [-0.4, -0.2) is 24.9 Å². The lowest BCUT2D eigenvalue weighted by molar-refractivity contribution is -0.146. The SMILES string of the molecule is O=C1Cc2ccccc2N1CCNC(=O)C12CC3CC(CC(C3)C1)C2. The van der Waals surface area contributed by atoms with Gasteiger partial charge in [-0.15, -0.1) is 0 Å². The summed E-state index contributed by atoms with van der Waals surface area (Å²) in [7, 11) is 0. The molecule has 4 nitrogen and oxygen atoms in total. The van der Waals surface area contributed by atoms with Crippen LogP contribution in [0.4, 0.5) is 5.69 Å². The Morgan fingerprint density at radius 1 is 1.08 bits per heavy atom. The van der Waals surface area contributed by atoms with Gasteiger partial charge in [-0.1, -0.05) is 18.2 Å². The van der Waals surface area contributed by atoms with Crippen LogP contribution < -0.4 is 10.2 Å². The van der Waals surface area contributed by atoms with Crippen molar-refractivity contribution in [3.63, 3.8) is 0 Å². The summed E-state index contributed by atoms with van der Waals surface area (Å²) in [5, 5.41) is 3.19. The van der Waals surface area contributed by atoms with Gasteiger partial charge in [0.2, 0.25) is 11.8 Å². The van der Waals surface area contributed by atoms with Crippen LogP contribution >= 0.6 is 0 Å². The third-order valence-electron chi connectivity index (χ3n) is 7.07. The van der Waals surface area contributed by atoms with E-state index in [9.17, 15) is 9.59 Å². The van der Waals surface area contributed by atoms with Crippen LogP contribution in [0.25, 0.3) is 0 Å². The average molecular weight is 338 g/mol. The largest absolute Gasteiger partial charge is 0.354 e. The first-order chi connectivity index (χ1) is 12.1. The lowest BCUT2D eigenvalue weighted by Crippen LogP contribution is -2.54. The van der Waals surface area contributed by atoms with E-state index < -0.39 is 0 Å². The molecule has 0 saturated heterocycles. The number of fused-ring (bicyclic) bond motifs is 1. The smallest absolute Gasteiger partial charge is 0.231 e. The number of amides is 2. The van der Waals surface area contributed by atoms with E-state index in [2.05, 4.69) is 5.32 Å². The molecule has 132 valence electrons. The van der Waals surface area contributed by atoms with Gasteiger partial charge < -0.3 is 10.2 Å². The monoisotopic (exact) mass is 338 g/mol. The molecule has 1 aliphatic heterocycles. The van der Waals surface area contributed by atoms with Crippen molar-refractivity contribution in [2.24, 2.45) is 23.2 Å². The highest BCUT2D eigenvalue weighted by atomic mass is 16.2. The standard InChI is InChI=1S/C21H26N2O2/c24-19-10-17-3-1-2-4-18(17)23(19)6-5-22-20(25)21-11-14-7-15(12-21)9-16(8-14)13-21/h1-4,14-16H,5-13H2,(H,22,25). The van der Waals surface area contributed by atoms with Gasteiger partial charge in [0, 0.05) is 24.2 Å². The Kier molecular flexibility index (Phi) is 3.44. The molecule has 0 atom stereocenters. The number of hydrogen-bond donors (Lipinski definition) is 1. The number of hydrogen-bond acceptors (Lipinski definition) is 2. The molecule has 4 aliphatic carbocycles. The summed E-state index contributed by atoms with van der Waals surface area (Å²) in [6.07, 6.45) is 7.82. The second-order valence-electron chi connectivity index (χ2n) is 8.80. The van der Waals surface area contributed by atoms with E-state index in [4.69, 9.17) is 0 Å². The molecule has 1 aromatic carbocycles. The van der Waals surface area contributed by atoms with E-state index in [0.29, 0.717) is 19.5 Å². The Hall–Kier alpha value is -1.84. The summed E-state index contributed by atoms with van der Waals surface area (Å²) < 4.78 is 0. The summed E-state index contributed by atoms with van der Waals surface area (Å²) in [5.41, 5.74) is 2.01. The molecule has 0 spiro atoms. The second kappa shape index (κ2) is 5.58. The molecule has 1 heterocycles. The minimum absolute atomic E-state index is 0.0956. The number of carbonyl (C=O) groups is 2. The van der Waals surface area contributed by atoms with Crippen LogP contribution in [0.5, 0.6) is 0 Å². The van der Waals surface area contributed by atoms with E-state index >= 15 is 0 Å². The predicted molar refractivity (Wildman–Crippen MR) is 96.1 cm³/mol. The summed E-state index contributed by atoms with van der Waals surface area (Å²) in [6.45, 7) is 1.13. The van der Waals surface area contributed by atoms with Gasteiger partial charge in [0.1, 0.15) is 0 Å². The molecule has 0 unspecified atom stereocenters. The molecule has 5 aliphatic rings. The molecule has 4 bridgehead atoms. The van der Waals surface area contributed by atoms with Gasteiger partial charge in [-0.2, -0.15) is 0 Å².